The topological polar surface area (TPSA) is 113 Å². The van der Waals surface area contributed by atoms with E-state index < -0.39 is 15.1 Å². The third kappa shape index (κ3) is 40.3. The average Bonchev–Trinajstić information content (AvgIpc) is 2.69. The first-order chi connectivity index (χ1) is 14.7. The summed E-state index contributed by atoms with van der Waals surface area (Å²) in [5.74, 6) is 0. The van der Waals surface area contributed by atoms with E-state index >= 15 is 0 Å². The zero-order valence-electron chi connectivity index (χ0n) is 22.7. The summed E-state index contributed by atoms with van der Waals surface area (Å²) in [6.45, 7) is 9.73. The van der Waals surface area contributed by atoms with Crippen molar-refractivity contribution in [1.82, 2.24) is 6.15 Å². The quantitative estimate of drug-likeness (QED) is 0.0860. The summed E-state index contributed by atoms with van der Waals surface area (Å²) in [6.07, 6.45) is 31.4. The predicted octanol–water partition coefficient (Wildman–Crippen LogP) is 9.10. The van der Waals surface area contributed by atoms with Gasteiger partial charge in [-0.05, 0) is 0 Å². The van der Waals surface area contributed by atoms with E-state index in [0.717, 1.165) is 0 Å². The third-order valence-electron chi connectivity index (χ3n) is 6.40. The Morgan fingerprint density at radius 2 is 0.697 bits per heavy atom. The van der Waals surface area contributed by atoms with E-state index in [1.165, 1.54) is 116 Å². The molecule has 0 unspecified atom stereocenters. The summed E-state index contributed by atoms with van der Waals surface area (Å²) in [5, 5.41) is 0. The fraction of sp³-hybridized carbons (Fsp3) is 1.00. The Morgan fingerprint density at radius 1 is 0.515 bits per heavy atom. The van der Waals surface area contributed by atoms with Gasteiger partial charge in [-0.3, -0.25) is 0 Å². The third-order valence-corrected chi connectivity index (χ3v) is 11.1. The Bertz CT molecular complexity index is 363. The van der Waals surface area contributed by atoms with Crippen LogP contribution in [0.5, 0.6) is 0 Å². The maximum absolute atomic E-state index is 8.88. The molecule has 0 rings (SSSR count). The van der Waals surface area contributed by atoms with E-state index in [4.69, 9.17) is 19.2 Å². The number of rotatable bonds is 21. The normalized spacial score (nSPS) is 11.7. The van der Waals surface area contributed by atoms with Gasteiger partial charge in [0, 0.05) is 0 Å². The van der Waals surface area contributed by atoms with Crippen LogP contribution in [0.3, 0.4) is 0 Å². The van der Waals surface area contributed by atoms with Crippen LogP contribution < -0.4 is 6.15 Å². The minimum absolute atomic E-state index is 0. The molecular formula is C25H62ClNO4P2. The molecule has 0 radical (unpaired) electrons. The second-order valence-electron chi connectivity index (χ2n) is 9.88. The van der Waals surface area contributed by atoms with E-state index in [-0.39, 0.29) is 18.6 Å². The van der Waals surface area contributed by atoms with Crippen molar-refractivity contribution in [3.05, 3.63) is 0 Å². The molecule has 0 aliphatic rings. The molecule has 6 N–H and O–H groups in total. The molecule has 0 saturated heterocycles. The minimum Gasteiger partial charge on any atom is -0.344 e. The van der Waals surface area contributed by atoms with Crippen LogP contribution in [-0.4, -0.2) is 39.8 Å². The van der Waals surface area contributed by atoms with Crippen molar-refractivity contribution in [2.75, 3.05) is 25.2 Å². The molecule has 0 fully saturated rings. The zero-order chi connectivity index (χ0) is 23.8. The van der Waals surface area contributed by atoms with Crippen molar-refractivity contribution in [3.8, 4) is 0 Å². The first-order valence-electron chi connectivity index (χ1n) is 13.5. The van der Waals surface area contributed by atoms with Crippen LogP contribution in [0, 0.1) is 0 Å². The minimum atomic E-state index is -4.64. The largest absolute Gasteiger partial charge is 0.466 e. The molecule has 0 aromatic heterocycles. The van der Waals surface area contributed by atoms with Gasteiger partial charge >= 0.3 is 177 Å². The Kier molecular flexibility index (Phi) is 36.0. The molecule has 0 aliphatic heterocycles. The van der Waals surface area contributed by atoms with Gasteiger partial charge in [0.15, 0.2) is 0 Å². The summed E-state index contributed by atoms with van der Waals surface area (Å²) in [7, 11) is -5.59. The SMILES string of the molecule is CCCCCCCC[PH](C)(CCCCCCCC)CCCCCCCC.Cl.N.O=P(O)(O)O. The molecule has 0 aromatic carbocycles. The average molecular weight is 538 g/mol. The summed E-state index contributed by atoms with van der Waals surface area (Å²) < 4.78 is 8.88. The van der Waals surface area contributed by atoms with E-state index in [0.29, 0.717) is 0 Å². The van der Waals surface area contributed by atoms with E-state index in [2.05, 4.69) is 27.4 Å². The molecule has 208 valence electrons. The number of hydrogen-bond acceptors (Lipinski definition) is 2. The van der Waals surface area contributed by atoms with Crippen LogP contribution in [0.4, 0.5) is 0 Å². The van der Waals surface area contributed by atoms with Gasteiger partial charge in [-0.1, -0.05) is 0 Å². The van der Waals surface area contributed by atoms with Gasteiger partial charge in [0.05, 0.1) is 0 Å². The Labute approximate surface area is 214 Å². The summed E-state index contributed by atoms with van der Waals surface area (Å²) in [4.78, 5) is 21.6. The van der Waals surface area contributed by atoms with Crippen LogP contribution in [-0.2, 0) is 4.57 Å². The molecule has 5 nitrogen and oxygen atoms in total. The standard InChI is InChI=1S/C25H55P.ClH.H3N.H3O4P/c1-5-8-11-14-17-20-23-26(4,24-21-18-15-12-9-6-2)25-22-19-16-13-10-7-3;;;1-5(2,3)4/h26H,5-25H2,1-4H3;1H;1H3;(H3,1,2,3,4). The smallest absolute Gasteiger partial charge is 0.344 e. The van der Waals surface area contributed by atoms with E-state index in [9.17, 15) is 0 Å². The maximum atomic E-state index is 8.88. The van der Waals surface area contributed by atoms with Crippen molar-refractivity contribution in [2.24, 2.45) is 0 Å². The van der Waals surface area contributed by atoms with Gasteiger partial charge in [-0.2, -0.15) is 0 Å². The van der Waals surface area contributed by atoms with Crippen molar-refractivity contribution in [2.45, 2.75) is 136 Å². The van der Waals surface area contributed by atoms with E-state index in [1.807, 2.05) is 0 Å². The molecule has 0 bridgehead atoms. The van der Waals surface area contributed by atoms with Gasteiger partial charge in [-0.25, -0.2) is 4.57 Å². The second kappa shape index (κ2) is 29.0. The predicted molar refractivity (Wildman–Crippen MR) is 156 cm³/mol. The summed E-state index contributed by atoms with van der Waals surface area (Å²) in [6, 6.07) is 0. The number of phosphoric acid groups is 1. The van der Waals surface area contributed by atoms with Crippen LogP contribution >= 0.6 is 27.5 Å². The molecule has 0 heterocycles. The van der Waals surface area contributed by atoms with Gasteiger partial charge in [0.1, 0.15) is 0 Å². The Morgan fingerprint density at radius 3 is 0.909 bits per heavy atom. The zero-order valence-corrected chi connectivity index (χ0v) is 25.4. The monoisotopic (exact) mass is 537 g/mol. The van der Waals surface area contributed by atoms with Crippen molar-refractivity contribution in [1.29, 1.82) is 0 Å². The van der Waals surface area contributed by atoms with Gasteiger partial charge in [-0.15, -0.1) is 12.4 Å². The molecule has 0 aliphatic carbocycles. The summed E-state index contributed by atoms with van der Waals surface area (Å²) in [5.41, 5.74) is 0. The molecular weight excluding hydrogens is 476 g/mol. The van der Waals surface area contributed by atoms with Gasteiger partial charge in [0.25, 0.3) is 0 Å². The molecule has 0 amide bonds. The van der Waals surface area contributed by atoms with Crippen molar-refractivity contribution in [3.63, 3.8) is 0 Å². The van der Waals surface area contributed by atoms with Crippen molar-refractivity contribution >= 4 is 27.5 Å². The number of halogens is 1. The Balaban J connectivity index is -0.000000539. The van der Waals surface area contributed by atoms with Crippen LogP contribution in [0.15, 0.2) is 0 Å². The molecule has 8 heteroatoms. The fourth-order valence-corrected chi connectivity index (χ4v) is 8.43. The molecule has 0 saturated carbocycles. The van der Waals surface area contributed by atoms with Crippen LogP contribution in [0.25, 0.3) is 0 Å². The van der Waals surface area contributed by atoms with Crippen LogP contribution in [0.1, 0.15) is 136 Å². The first-order valence-corrected chi connectivity index (χ1v) is 18.2. The fourth-order valence-electron chi connectivity index (χ4n) is 4.37. The Hall–Kier alpha value is 0.790. The molecule has 0 aromatic rings. The molecule has 0 spiro atoms. The number of unbranched alkanes of at least 4 members (excludes halogenated alkanes) is 15. The first kappa shape index (κ1) is 40.9. The van der Waals surface area contributed by atoms with Gasteiger partial charge in [0.2, 0.25) is 0 Å². The van der Waals surface area contributed by atoms with Gasteiger partial charge < -0.3 is 20.8 Å². The maximum Gasteiger partial charge on any atom is 0.466 e. The molecule has 0 atom stereocenters. The van der Waals surface area contributed by atoms with Crippen LogP contribution in [0.2, 0.25) is 0 Å². The van der Waals surface area contributed by atoms with E-state index in [1.54, 1.807) is 18.5 Å². The summed E-state index contributed by atoms with van der Waals surface area (Å²) >= 11 is 0. The second-order valence-corrected chi connectivity index (χ2v) is 16.0. The molecule has 33 heavy (non-hydrogen) atoms. The van der Waals surface area contributed by atoms with Crippen molar-refractivity contribution < 1.29 is 19.2 Å². The number of hydrogen-bond donors (Lipinski definition) is 4.